The standard InChI is InChI=1S/C29H36N4O2/c1-26(2,3)22-15-13-21(14-16-22)24-27(18-30,19-31)28(20-32)23-12-10-8-6-4-5-7-9-11-17-29(23,34-24)35-25(28)33/h13-16,23-24,33H,4-12,17H2,1-3H3. The van der Waals surface area contributed by atoms with Gasteiger partial charge < -0.3 is 9.47 Å². The van der Waals surface area contributed by atoms with Crippen molar-refractivity contribution >= 4 is 5.90 Å². The van der Waals surface area contributed by atoms with E-state index in [0.717, 1.165) is 44.1 Å². The SMILES string of the molecule is CC(C)(C)c1ccc(C2OC34CCCCCCCCCCC3C(C#N)(C(=N)O4)C2(C#N)C#N)cc1. The van der Waals surface area contributed by atoms with Crippen molar-refractivity contribution in [1.82, 2.24) is 0 Å². The Morgan fingerprint density at radius 3 is 1.97 bits per heavy atom. The van der Waals surface area contributed by atoms with Gasteiger partial charge in [0.25, 0.3) is 0 Å². The monoisotopic (exact) mass is 472 g/mol. The van der Waals surface area contributed by atoms with Crippen LogP contribution in [0.25, 0.3) is 0 Å². The van der Waals surface area contributed by atoms with Gasteiger partial charge in [0.1, 0.15) is 6.10 Å². The molecule has 0 aromatic heterocycles. The van der Waals surface area contributed by atoms with E-state index in [-0.39, 0.29) is 11.3 Å². The molecule has 1 saturated carbocycles. The third-order valence-corrected chi connectivity index (χ3v) is 8.40. The zero-order valence-corrected chi connectivity index (χ0v) is 21.2. The largest absolute Gasteiger partial charge is 0.447 e. The van der Waals surface area contributed by atoms with Crippen molar-refractivity contribution in [1.29, 1.82) is 21.2 Å². The van der Waals surface area contributed by atoms with E-state index in [2.05, 4.69) is 39.0 Å². The predicted molar refractivity (Wildman–Crippen MR) is 132 cm³/mol. The fourth-order valence-electron chi connectivity index (χ4n) is 6.38. The van der Waals surface area contributed by atoms with Crippen LogP contribution in [-0.2, 0) is 14.9 Å². The smallest absolute Gasteiger partial charge is 0.217 e. The van der Waals surface area contributed by atoms with Gasteiger partial charge in [-0.3, -0.25) is 5.41 Å². The Balaban J connectivity index is 1.86. The molecule has 1 aliphatic carbocycles. The fourth-order valence-corrected chi connectivity index (χ4v) is 6.38. The topological polar surface area (TPSA) is 114 Å². The Morgan fingerprint density at radius 1 is 0.857 bits per heavy atom. The first kappa shape index (κ1) is 25.2. The number of hydrogen-bond acceptors (Lipinski definition) is 6. The summed E-state index contributed by atoms with van der Waals surface area (Å²) in [6.07, 6.45) is 8.59. The summed E-state index contributed by atoms with van der Waals surface area (Å²) >= 11 is 0. The molecule has 3 aliphatic rings. The second-order valence-corrected chi connectivity index (χ2v) is 11.5. The highest BCUT2D eigenvalue weighted by Crippen LogP contribution is 2.68. The Kier molecular flexibility index (Phi) is 6.70. The van der Waals surface area contributed by atoms with Crippen LogP contribution in [0.4, 0.5) is 0 Å². The van der Waals surface area contributed by atoms with E-state index in [1.807, 2.05) is 24.3 Å². The number of rotatable bonds is 1. The minimum Gasteiger partial charge on any atom is -0.447 e. The van der Waals surface area contributed by atoms with E-state index in [1.165, 1.54) is 12.8 Å². The van der Waals surface area contributed by atoms with E-state index < -0.39 is 28.6 Å². The maximum atomic E-state index is 10.6. The lowest BCUT2D eigenvalue weighted by Crippen LogP contribution is -2.59. The van der Waals surface area contributed by atoms with Crippen LogP contribution in [-0.4, -0.2) is 11.7 Å². The van der Waals surface area contributed by atoms with Gasteiger partial charge in [0.05, 0.1) is 24.1 Å². The van der Waals surface area contributed by atoms with Crippen molar-refractivity contribution < 1.29 is 9.47 Å². The number of hydrogen-bond donors (Lipinski definition) is 1. The molecule has 4 atom stereocenters. The van der Waals surface area contributed by atoms with E-state index >= 15 is 0 Å². The van der Waals surface area contributed by atoms with E-state index in [9.17, 15) is 15.8 Å². The first-order chi connectivity index (χ1) is 16.7. The van der Waals surface area contributed by atoms with Gasteiger partial charge in [-0.25, -0.2) is 0 Å². The maximum absolute atomic E-state index is 10.6. The van der Waals surface area contributed by atoms with Gasteiger partial charge >= 0.3 is 0 Å². The van der Waals surface area contributed by atoms with E-state index in [4.69, 9.17) is 14.9 Å². The molecule has 6 nitrogen and oxygen atoms in total. The average Bonchev–Trinajstić information content (AvgIpc) is 3.01. The summed E-state index contributed by atoms with van der Waals surface area (Å²) in [6, 6.07) is 14.5. The molecule has 0 amide bonds. The number of nitrogens with zero attached hydrogens (tertiary/aromatic N) is 3. The third-order valence-electron chi connectivity index (χ3n) is 8.40. The summed E-state index contributed by atoms with van der Waals surface area (Å²) in [6.45, 7) is 6.38. The molecule has 4 rings (SSSR count). The molecule has 0 spiro atoms. The van der Waals surface area contributed by atoms with Crippen molar-refractivity contribution in [2.75, 3.05) is 0 Å². The molecule has 1 aromatic rings. The zero-order valence-electron chi connectivity index (χ0n) is 21.2. The lowest BCUT2D eigenvalue weighted by atomic mass is 9.52. The molecule has 2 aliphatic heterocycles. The van der Waals surface area contributed by atoms with E-state index in [1.54, 1.807) is 0 Å². The highest BCUT2D eigenvalue weighted by molar-refractivity contribution is 5.89. The molecule has 6 heteroatoms. The Labute approximate surface area is 209 Å². The predicted octanol–water partition coefficient (Wildman–Crippen LogP) is 6.83. The lowest BCUT2D eigenvalue weighted by Gasteiger charge is -2.50. The molecule has 1 aromatic carbocycles. The zero-order chi connectivity index (χ0) is 25.3. The molecule has 2 saturated heterocycles. The van der Waals surface area contributed by atoms with Gasteiger partial charge in [0, 0.05) is 6.42 Å². The van der Waals surface area contributed by atoms with Crippen LogP contribution in [0.5, 0.6) is 0 Å². The van der Waals surface area contributed by atoms with Crippen molar-refractivity contribution in [3.63, 3.8) is 0 Å². The molecule has 0 radical (unpaired) electrons. The van der Waals surface area contributed by atoms with Crippen LogP contribution in [0.1, 0.15) is 102 Å². The summed E-state index contributed by atoms with van der Waals surface area (Å²) in [5.41, 5.74) is -1.82. The van der Waals surface area contributed by atoms with Gasteiger partial charge in [-0.15, -0.1) is 0 Å². The molecule has 4 unspecified atom stereocenters. The van der Waals surface area contributed by atoms with E-state index in [0.29, 0.717) is 18.4 Å². The highest BCUT2D eigenvalue weighted by atomic mass is 16.7. The lowest BCUT2D eigenvalue weighted by molar-refractivity contribution is -0.287. The van der Waals surface area contributed by atoms with Gasteiger partial charge in [-0.2, -0.15) is 15.8 Å². The third kappa shape index (κ3) is 3.82. The molecule has 2 heterocycles. The summed E-state index contributed by atoms with van der Waals surface area (Å²) in [7, 11) is 0. The van der Waals surface area contributed by atoms with Gasteiger partial charge in [-0.05, 0) is 29.4 Å². The Hall–Kier alpha value is -2.88. The molecule has 3 fully saturated rings. The van der Waals surface area contributed by atoms with Crippen LogP contribution in [0.15, 0.2) is 24.3 Å². The van der Waals surface area contributed by atoms with Crippen LogP contribution >= 0.6 is 0 Å². The van der Waals surface area contributed by atoms with Crippen LogP contribution in [0.3, 0.4) is 0 Å². The number of nitrogens with one attached hydrogen (secondary N) is 1. The quantitative estimate of drug-likeness (QED) is 0.481. The van der Waals surface area contributed by atoms with Crippen LogP contribution in [0.2, 0.25) is 0 Å². The summed E-state index contributed by atoms with van der Waals surface area (Å²) in [5, 5.41) is 40.6. The number of nitriles is 3. The van der Waals surface area contributed by atoms with Crippen molar-refractivity contribution in [3.05, 3.63) is 35.4 Å². The average molecular weight is 473 g/mol. The Morgan fingerprint density at radius 2 is 1.43 bits per heavy atom. The van der Waals surface area contributed by atoms with Crippen LogP contribution < -0.4 is 0 Å². The van der Waals surface area contributed by atoms with Crippen LogP contribution in [0, 0.1) is 56.2 Å². The minimum atomic E-state index is -1.89. The second-order valence-electron chi connectivity index (χ2n) is 11.5. The van der Waals surface area contributed by atoms with Gasteiger partial charge in [0.15, 0.2) is 5.41 Å². The number of ether oxygens (including phenoxy) is 2. The van der Waals surface area contributed by atoms with Crippen molar-refractivity contribution in [3.8, 4) is 18.2 Å². The molecule has 184 valence electrons. The highest BCUT2D eigenvalue weighted by Gasteiger charge is 2.79. The second kappa shape index (κ2) is 9.29. The van der Waals surface area contributed by atoms with Gasteiger partial charge in [0.2, 0.25) is 17.1 Å². The summed E-state index contributed by atoms with van der Waals surface area (Å²) < 4.78 is 12.9. The number of benzene rings is 1. The normalized spacial score (nSPS) is 33.0. The molecular weight excluding hydrogens is 436 g/mol. The molecular formula is C29H36N4O2. The van der Waals surface area contributed by atoms with Crippen molar-refractivity contribution in [2.45, 2.75) is 102 Å². The Bertz CT molecular complexity index is 1070. The molecule has 1 N–H and O–H groups in total. The summed E-state index contributed by atoms with van der Waals surface area (Å²) in [4.78, 5) is 0. The van der Waals surface area contributed by atoms with Gasteiger partial charge in [-0.1, -0.05) is 90.0 Å². The minimum absolute atomic E-state index is 0.0526. The first-order valence-corrected chi connectivity index (χ1v) is 13.0. The molecule has 2 bridgehead atoms. The summed E-state index contributed by atoms with van der Waals surface area (Å²) in [5.74, 6) is -1.98. The maximum Gasteiger partial charge on any atom is 0.217 e. The van der Waals surface area contributed by atoms with Crippen molar-refractivity contribution in [2.24, 2.45) is 16.7 Å². The fraction of sp³-hybridized carbons (Fsp3) is 0.655. The first-order valence-electron chi connectivity index (χ1n) is 13.0. The molecule has 35 heavy (non-hydrogen) atoms.